The van der Waals surface area contributed by atoms with Gasteiger partial charge in [-0.15, -0.1) is 0 Å². The van der Waals surface area contributed by atoms with Crippen molar-refractivity contribution >= 4 is 18.8 Å². The van der Waals surface area contributed by atoms with E-state index < -0.39 is 12.1 Å². The Morgan fingerprint density at radius 1 is 1.54 bits per heavy atom. The van der Waals surface area contributed by atoms with Crippen LogP contribution >= 0.6 is 0 Å². The van der Waals surface area contributed by atoms with Gasteiger partial charge in [0.05, 0.1) is 0 Å². The normalized spacial score (nSPS) is 8.38. The Labute approximate surface area is 75.2 Å². The van der Waals surface area contributed by atoms with Crippen molar-refractivity contribution in [2.75, 3.05) is 6.73 Å². The second-order valence-corrected chi connectivity index (χ2v) is 2.04. The molecule has 0 saturated carbocycles. The number of rotatable bonds is 4. The molecule has 0 aliphatic heterocycles. The minimum Gasteiger partial charge on any atom is -0.441 e. The fraction of sp³-hybridized carbons (Fsp3) is 0.286. The zero-order valence-electron chi connectivity index (χ0n) is 7.20. The quantitative estimate of drug-likeness (QED) is 0.172. The molecule has 0 bridgehead atoms. The van der Waals surface area contributed by atoms with Gasteiger partial charge in [-0.05, 0) is 6.92 Å². The molecule has 0 aromatic rings. The fourth-order valence-electron chi connectivity index (χ4n) is 0.375. The largest absolute Gasteiger partial charge is 0.441 e. The molecule has 0 heterocycles. The molecule has 0 spiro atoms. The fourth-order valence-corrected chi connectivity index (χ4v) is 0.375. The zero-order valence-corrected chi connectivity index (χ0v) is 7.20. The van der Waals surface area contributed by atoms with E-state index in [-0.39, 0.29) is 12.3 Å². The van der Waals surface area contributed by atoms with Gasteiger partial charge < -0.3 is 4.74 Å². The van der Waals surface area contributed by atoms with Gasteiger partial charge >= 0.3 is 12.1 Å². The summed E-state index contributed by atoms with van der Waals surface area (Å²) in [6.45, 7) is 7.46. The van der Waals surface area contributed by atoms with Crippen molar-refractivity contribution in [3.05, 3.63) is 12.2 Å². The van der Waals surface area contributed by atoms with Gasteiger partial charge in [0.25, 0.3) is 0 Å². The van der Waals surface area contributed by atoms with Crippen LogP contribution in [0.4, 0.5) is 4.79 Å². The van der Waals surface area contributed by atoms with Crippen molar-refractivity contribution < 1.29 is 19.2 Å². The lowest BCUT2D eigenvalue weighted by Gasteiger charge is -2.03. The van der Waals surface area contributed by atoms with E-state index in [1.807, 2.05) is 0 Å². The zero-order chi connectivity index (χ0) is 10.3. The maximum absolute atomic E-state index is 10.7. The Morgan fingerprint density at radius 3 is 2.62 bits per heavy atom. The molecule has 1 N–H and O–H groups in total. The number of hydrogen-bond acceptors (Lipinski definition) is 5. The van der Waals surface area contributed by atoms with E-state index >= 15 is 0 Å². The first-order valence-corrected chi connectivity index (χ1v) is 3.31. The first-order chi connectivity index (χ1) is 6.07. The maximum atomic E-state index is 10.7. The van der Waals surface area contributed by atoms with Crippen molar-refractivity contribution in [3.8, 4) is 0 Å². The Bertz CT molecular complexity index is 237. The summed E-state index contributed by atoms with van der Waals surface area (Å²) in [7, 11) is 0. The third-order valence-electron chi connectivity index (χ3n) is 0.916. The number of hydrogen-bond donors (Lipinski definition) is 1. The average Bonchev–Trinajstić information content (AvgIpc) is 2.04. The van der Waals surface area contributed by atoms with E-state index in [0.29, 0.717) is 0 Å². The topological polar surface area (TPSA) is 77.0 Å². The number of amides is 1. The number of carbonyl (C=O) groups excluding carboxylic acids is 2. The van der Waals surface area contributed by atoms with Crippen molar-refractivity contribution in [1.82, 2.24) is 5.32 Å². The monoisotopic (exact) mass is 186 g/mol. The molecule has 0 fully saturated rings. The van der Waals surface area contributed by atoms with Gasteiger partial charge in [-0.25, -0.2) is 9.59 Å². The third-order valence-corrected chi connectivity index (χ3v) is 0.916. The summed E-state index contributed by atoms with van der Waals surface area (Å²) in [4.78, 5) is 25.3. The van der Waals surface area contributed by atoms with Crippen LogP contribution in [-0.4, -0.2) is 25.5 Å². The SMILES string of the molecule is C=NOC(=O)NCOC(=O)C(=C)C. The minimum absolute atomic E-state index is 0.247. The van der Waals surface area contributed by atoms with Crippen LogP contribution in [0.2, 0.25) is 0 Å². The molecular weight excluding hydrogens is 176 g/mol. The standard InChI is InChI=1S/C7H10N2O4/c1-5(2)6(10)12-4-9-7(11)13-8-3/h1,3-4H2,2H3,(H,9,11). The van der Waals surface area contributed by atoms with Crippen LogP contribution in [0.5, 0.6) is 0 Å². The van der Waals surface area contributed by atoms with Gasteiger partial charge in [0.2, 0.25) is 0 Å². The predicted octanol–water partition coefficient (Wildman–Crippen LogP) is 0.405. The first kappa shape index (κ1) is 11.2. The van der Waals surface area contributed by atoms with Crippen LogP contribution < -0.4 is 5.32 Å². The summed E-state index contributed by atoms with van der Waals surface area (Å²) in [5.74, 6) is -0.591. The molecular formula is C7H10N2O4. The number of ether oxygens (including phenoxy) is 1. The van der Waals surface area contributed by atoms with Crippen molar-refractivity contribution in [3.63, 3.8) is 0 Å². The predicted molar refractivity (Wildman–Crippen MR) is 44.9 cm³/mol. The van der Waals surface area contributed by atoms with Crippen LogP contribution in [-0.2, 0) is 14.4 Å². The van der Waals surface area contributed by atoms with Crippen molar-refractivity contribution in [2.24, 2.45) is 5.16 Å². The average molecular weight is 186 g/mol. The molecule has 72 valence electrons. The molecule has 0 atom stereocenters. The summed E-state index contributed by atoms with van der Waals surface area (Å²) >= 11 is 0. The molecule has 0 rings (SSSR count). The van der Waals surface area contributed by atoms with Crippen LogP contribution in [0.25, 0.3) is 0 Å². The molecule has 0 aliphatic rings. The van der Waals surface area contributed by atoms with Gasteiger partial charge in [0, 0.05) is 12.3 Å². The molecule has 6 heteroatoms. The number of oxime groups is 1. The second kappa shape index (κ2) is 5.76. The van der Waals surface area contributed by atoms with Gasteiger partial charge in [-0.2, -0.15) is 0 Å². The molecule has 0 saturated heterocycles. The Hall–Kier alpha value is -1.85. The van der Waals surface area contributed by atoms with E-state index in [4.69, 9.17) is 0 Å². The number of nitrogens with one attached hydrogen (secondary N) is 1. The van der Waals surface area contributed by atoms with Crippen LogP contribution in [0.15, 0.2) is 17.3 Å². The molecule has 6 nitrogen and oxygen atoms in total. The lowest BCUT2D eigenvalue weighted by molar-refractivity contribution is -0.139. The summed E-state index contributed by atoms with van der Waals surface area (Å²) in [6.07, 6.45) is -0.843. The Balaban J connectivity index is 3.56. The van der Waals surface area contributed by atoms with Crippen LogP contribution in [0.3, 0.4) is 0 Å². The van der Waals surface area contributed by atoms with Crippen molar-refractivity contribution in [1.29, 1.82) is 0 Å². The Kier molecular flexibility index (Phi) is 4.94. The summed E-state index contributed by atoms with van der Waals surface area (Å²) < 4.78 is 4.51. The van der Waals surface area contributed by atoms with E-state index in [0.717, 1.165) is 0 Å². The molecule has 0 aromatic carbocycles. The highest BCUT2D eigenvalue weighted by molar-refractivity contribution is 5.87. The number of esters is 1. The molecule has 0 aromatic heterocycles. The molecule has 1 amide bonds. The summed E-state index contributed by atoms with van der Waals surface area (Å²) in [5.41, 5.74) is 0.247. The van der Waals surface area contributed by atoms with Crippen LogP contribution in [0, 0.1) is 0 Å². The van der Waals surface area contributed by atoms with E-state index in [2.05, 4.69) is 33.3 Å². The highest BCUT2D eigenvalue weighted by atomic mass is 16.7. The van der Waals surface area contributed by atoms with Gasteiger partial charge in [0.15, 0.2) is 6.73 Å². The van der Waals surface area contributed by atoms with Gasteiger partial charge in [-0.3, -0.25) is 10.2 Å². The highest BCUT2D eigenvalue weighted by Crippen LogP contribution is 1.90. The van der Waals surface area contributed by atoms with Gasteiger partial charge in [0.1, 0.15) is 0 Å². The van der Waals surface area contributed by atoms with Gasteiger partial charge in [-0.1, -0.05) is 11.7 Å². The van der Waals surface area contributed by atoms with Crippen molar-refractivity contribution in [2.45, 2.75) is 6.92 Å². The van der Waals surface area contributed by atoms with E-state index in [1.54, 1.807) is 0 Å². The molecule has 0 radical (unpaired) electrons. The Morgan fingerprint density at radius 2 is 2.15 bits per heavy atom. The lowest BCUT2D eigenvalue weighted by Crippen LogP contribution is -2.27. The number of nitrogens with zero attached hydrogens (tertiary/aromatic N) is 1. The third kappa shape index (κ3) is 5.42. The number of carbonyl (C=O) groups is 2. The van der Waals surface area contributed by atoms with E-state index in [1.165, 1.54) is 6.92 Å². The molecule has 0 unspecified atom stereocenters. The summed E-state index contributed by atoms with van der Waals surface area (Å²) in [6, 6.07) is 0. The van der Waals surface area contributed by atoms with E-state index in [9.17, 15) is 9.59 Å². The lowest BCUT2D eigenvalue weighted by atomic mass is 10.4. The molecule has 0 aliphatic carbocycles. The second-order valence-electron chi connectivity index (χ2n) is 2.04. The minimum atomic E-state index is -0.843. The highest BCUT2D eigenvalue weighted by Gasteiger charge is 2.04. The summed E-state index contributed by atoms with van der Waals surface area (Å²) in [5, 5.41) is 4.94. The maximum Gasteiger partial charge on any atom is 0.435 e. The molecule has 13 heavy (non-hydrogen) atoms. The van der Waals surface area contributed by atoms with Crippen LogP contribution in [0.1, 0.15) is 6.92 Å². The first-order valence-electron chi connectivity index (χ1n) is 3.31. The smallest absolute Gasteiger partial charge is 0.435 e.